The lowest BCUT2D eigenvalue weighted by atomic mass is 9.95. The Balaban J connectivity index is 2.09. The standard InChI is InChI=1S/C13H22N6/c1-4-10(5-2)11(14)8-16-12-13-18-17-9(3)19(13)7-6-15-12/h6-7,10-11H,4-5,8,14H2,1-3H3,(H,15,16). The molecule has 0 aliphatic carbocycles. The highest BCUT2D eigenvalue weighted by molar-refractivity contribution is 5.61. The van der Waals surface area contributed by atoms with Crippen molar-refractivity contribution in [2.75, 3.05) is 11.9 Å². The van der Waals surface area contributed by atoms with Gasteiger partial charge in [0, 0.05) is 25.0 Å². The monoisotopic (exact) mass is 262 g/mol. The Kier molecular flexibility index (Phi) is 4.31. The van der Waals surface area contributed by atoms with Crippen LogP contribution in [-0.4, -0.2) is 32.2 Å². The Hall–Kier alpha value is -1.69. The average Bonchev–Trinajstić information content (AvgIpc) is 2.80. The minimum atomic E-state index is 0.126. The van der Waals surface area contributed by atoms with E-state index in [1.54, 1.807) is 6.20 Å². The van der Waals surface area contributed by atoms with E-state index in [1.165, 1.54) is 0 Å². The third kappa shape index (κ3) is 2.84. The zero-order valence-electron chi connectivity index (χ0n) is 11.8. The molecular weight excluding hydrogens is 240 g/mol. The fraction of sp³-hybridized carbons (Fsp3) is 0.615. The van der Waals surface area contributed by atoms with Gasteiger partial charge in [-0.3, -0.25) is 4.40 Å². The lowest BCUT2D eigenvalue weighted by Gasteiger charge is -2.21. The number of anilines is 1. The van der Waals surface area contributed by atoms with Gasteiger partial charge in [0.1, 0.15) is 5.82 Å². The lowest BCUT2D eigenvalue weighted by Crippen LogP contribution is -2.36. The summed E-state index contributed by atoms with van der Waals surface area (Å²) in [6, 6.07) is 0.126. The molecule has 0 spiro atoms. The summed E-state index contributed by atoms with van der Waals surface area (Å²) in [5.74, 6) is 2.13. The van der Waals surface area contributed by atoms with E-state index in [2.05, 4.69) is 34.3 Å². The number of rotatable bonds is 6. The van der Waals surface area contributed by atoms with E-state index in [4.69, 9.17) is 5.73 Å². The van der Waals surface area contributed by atoms with Gasteiger partial charge in [0.05, 0.1) is 0 Å². The highest BCUT2D eigenvalue weighted by Gasteiger charge is 2.15. The third-order valence-corrected chi connectivity index (χ3v) is 3.66. The zero-order chi connectivity index (χ0) is 13.8. The van der Waals surface area contributed by atoms with Crippen molar-refractivity contribution in [2.24, 2.45) is 11.7 Å². The summed E-state index contributed by atoms with van der Waals surface area (Å²) in [5.41, 5.74) is 6.95. The summed E-state index contributed by atoms with van der Waals surface area (Å²) >= 11 is 0. The van der Waals surface area contributed by atoms with Crippen LogP contribution in [0.15, 0.2) is 12.4 Å². The van der Waals surface area contributed by atoms with Gasteiger partial charge in [0.15, 0.2) is 5.82 Å². The maximum Gasteiger partial charge on any atom is 0.203 e. The van der Waals surface area contributed by atoms with Crippen molar-refractivity contribution in [3.8, 4) is 0 Å². The third-order valence-electron chi connectivity index (χ3n) is 3.66. The molecule has 1 unspecified atom stereocenters. The second-order valence-electron chi connectivity index (χ2n) is 4.84. The second-order valence-corrected chi connectivity index (χ2v) is 4.84. The first-order chi connectivity index (χ1) is 9.17. The molecule has 0 aliphatic heterocycles. The molecule has 0 amide bonds. The number of nitrogens with zero attached hydrogens (tertiary/aromatic N) is 4. The smallest absolute Gasteiger partial charge is 0.203 e. The predicted octanol–water partition coefficient (Wildman–Crippen LogP) is 1.61. The van der Waals surface area contributed by atoms with Crippen molar-refractivity contribution >= 4 is 11.5 Å². The van der Waals surface area contributed by atoms with Gasteiger partial charge in [-0.2, -0.15) is 0 Å². The maximum atomic E-state index is 6.20. The summed E-state index contributed by atoms with van der Waals surface area (Å²) in [4.78, 5) is 4.31. The Bertz CT molecular complexity index is 531. The summed E-state index contributed by atoms with van der Waals surface area (Å²) in [6.45, 7) is 6.97. The Labute approximate surface area is 113 Å². The SMILES string of the molecule is CCC(CC)C(N)CNc1nccn2c(C)nnc12. The fourth-order valence-electron chi connectivity index (χ4n) is 2.34. The van der Waals surface area contributed by atoms with Crippen molar-refractivity contribution in [1.82, 2.24) is 19.6 Å². The molecule has 0 saturated carbocycles. The molecule has 2 aromatic rings. The van der Waals surface area contributed by atoms with E-state index in [-0.39, 0.29) is 6.04 Å². The molecule has 2 aromatic heterocycles. The lowest BCUT2D eigenvalue weighted by molar-refractivity contribution is 0.407. The van der Waals surface area contributed by atoms with Crippen LogP contribution in [0, 0.1) is 12.8 Å². The van der Waals surface area contributed by atoms with Gasteiger partial charge in [-0.05, 0) is 12.8 Å². The maximum absolute atomic E-state index is 6.20. The van der Waals surface area contributed by atoms with Gasteiger partial charge in [0.2, 0.25) is 5.65 Å². The largest absolute Gasteiger partial charge is 0.365 e. The first-order valence-corrected chi connectivity index (χ1v) is 6.83. The number of nitrogens with two attached hydrogens (primary N) is 1. The number of hydrogen-bond acceptors (Lipinski definition) is 5. The van der Waals surface area contributed by atoms with Gasteiger partial charge >= 0.3 is 0 Å². The summed E-state index contributed by atoms with van der Waals surface area (Å²) in [6.07, 6.45) is 5.80. The molecule has 0 aromatic carbocycles. The molecule has 0 radical (unpaired) electrons. The van der Waals surface area contributed by atoms with Crippen LogP contribution in [-0.2, 0) is 0 Å². The minimum absolute atomic E-state index is 0.126. The second kappa shape index (κ2) is 5.97. The van der Waals surface area contributed by atoms with E-state index in [1.807, 2.05) is 17.5 Å². The number of fused-ring (bicyclic) bond motifs is 1. The molecule has 6 heteroatoms. The molecule has 1 atom stereocenters. The molecule has 19 heavy (non-hydrogen) atoms. The first kappa shape index (κ1) is 13.7. The molecule has 104 valence electrons. The highest BCUT2D eigenvalue weighted by Crippen LogP contribution is 2.15. The van der Waals surface area contributed by atoms with E-state index in [0.29, 0.717) is 12.5 Å². The molecule has 0 aliphatic rings. The number of hydrogen-bond donors (Lipinski definition) is 2. The normalized spacial score (nSPS) is 13.1. The van der Waals surface area contributed by atoms with Gasteiger partial charge in [-0.1, -0.05) is 26.7 Å². The average molecular weight is 262 g/mol. The van der Waals surface area contributed by atoms with Crippen LogP contribution in [0.25, 0.3) is 5.65 Å². The van der Waals surface area contributed by atoms with Crippen LogP contribution in [0.4, 0.5) is 5.82 Å². The Morgan fingerprint density at radius 1 is 1.32 bits per heavy atom. The molecule has 3 N–H and O–H groups in total. The van der Waals surface area contributed by atoms with Crippen LogP contribution in [0.1, 0.15) is 32.5 Å². The molecule has 0 bridgehead atoms. The molecule has 2 rings (SSSR count). The van der Waals surface area contributed by atoms with E-state index in [0.717, 1.165) is 30.1 Å². The van der Waals surface area contributed by atoms with Crippen LogP contribution in [0.5, 0.6) is 0 Å². The van der Waals surface area contributed by atoms with Crippen molar-refractivity contribution in [3.05, 3.63) is 18.2 Å². The molecule has 6 nitrogen and oxygen atoms in total. The van der Waals surface area contributed by atoms with Gasteiger partial charge < -0.3 is 11.1 Å². The summed E-state index contributed by atoms with van der Waals surface area (Å²) < 4.78 is 1.91. The van der Waals surface area contributed by atoms with Crippen molar-refractivity contribution in [3.63, 3.8) is 0 Å². The van der Waals surface area contributed by atoms with Crippen LogP contribution in [0.3, 0.4) is 0 Å². The quantitative estimate of drug-likeness (QED) is 0.826. The minimum Gasteiger partial charge on any atom is -0.365 e. The molecular formula is C13H22N6. The topological polar surface area (TPSA) is 81.1 Å². The molecule has 2 heterocycles. The number of nitrogens with one attached hydrogen (secondary N) is 1. The van der Waals surface area contributed by atoms with Gasteiger partial charge in [-0.25, -0.2) is 4.98 Å². The van der Waals surface area contributed by atoms with Crippen LogP contribution < -0.4 is 11.1 Å². The van der Waals surface area contributed by atoms with Crippen molar-refractivity contribution in [2.45, 2.75) is 39.7 Å². The van der Waals surface area contributed by atoms with Crippen LogP contribution in [0.2, 0.25) is 0 Å². The summed E-state index contributed by atoms with van der Waals surface area (Å²) in [5, 5.41) is 11.5. The Morgan fingerprint density at radius 3 is 2.74 bits per heavy atom. The predicted molar refractivity (Wildman–Crippen MR) is 76.1 cm³/mol. The van der Waals surface area contributed by atoms with E-state index in [9.17, 15) is 0 Å². The highest BCUT2D eigenvalue weighted by atomic mass is 15.3. The number of aromatic nitrogens is 4. The molecule has 0 saturated heterocycles. The Morgan fingerprint density at radius 2 is 2.05 bits per heavy atom. The van der Waals surface area contributed by atoms with Gasteiger partial charge in [-0.15, -0.1) is 10.2 Å². The number of aryl methyl sites for hydroxylation is 1. The van der Waals surface area contributed by atoms with Crippen molar-refractivity contribution < 1.29 is 0 Å². The van der Waals surface area contributed by atoms with Crippen LogP contribution >= 0.6 is 0 Å². The van der Waals surface area contributed by atoms with E-state index >= 15 is 0 Å². The molecule has 0 fully saturated rings. The fourth-order valence-corrected chi connectivity index (χ4v) is 2.34. The van der Waals surface area contributed by atoms with Gasteiger partial charge in [0.25, 0.3) is 0 Å². The van der Waals surface area contributed by atoms with E-state index < -0.39 is 0 Å². The first-order valence-electron chi connectivity index (χ1n) is 6.83. The van der Waals surface area contributed by atoms with Crippen molar-refractivity contribution in [1.29, 1.82) is 0 Å². The summed E-state index contributed by atoms with van der Waals surface area (Å²) in [7, 11) is 0. The zero-order valence-corrected chi connectivity index (χ0v) is 11.8.